The van der Waals surface area contributed by atoms with Crippen LogP contribution in [0.1, 0.15) is 41.5 Å². The summed E-state index contributed by atoms with van der Waals surface area (Å²) < 4.78 is 5.71. The van der Waals surface area contributed by atoms with Crippen LogP contribution in [-0.4, -0.2) is 67.3 Å². The summed E-state index contributed by atoms with van der Waals surface area (Å²) in [5.41, 5.74) is 6.68. The van der Waals surface area contributed by atoms with Gasteiger partial charge in [0.1, 0.15) is 0 Å². The Bertz CT molecular complexity index is 272. The molecule has 1 aliphatic heterocycles. The van der Waals surface area contributed by atoms with Gasteiger partial charge < -0.3 is 10.5 Å². The van der Waals surface area contributed by atoms with Gasteiger partial charge in [0.15, 0.2) is 0 Å². The number of rotatable bonds is 5. The first-order chi connectivity index (χ1) is 9.08. The van der Waals surface area contributed by atoms with E-state index in [0.29, 0.717) is 6.61 Å². The Morgan fingerprint density at radius 3 is 2.00 bits per heavy atom. The first-order valence-corrected chi connectivity index (χ1v) is 7.89. The number of ether oxygens (including phenoxy) is 1. The summed E-state index contributed by atoms with van der Waals surface area (Å²) in [4.78, 5) is 5.01. The van der Waals surface area contributed by atoms with Crippen LogP contribution in [-0.2, 0) is 4.74 Å². The molecular weight excluding hydrogens is 250 g/mol. The van der Waals surface area contributed by atoms with Crippen LogP contribution in [0.25, 0.3) is 0 Å². The second-order valence-corrected chi connectivity index (χ2v) is 8.29. The Kier molecular flexibility index (Phi) is 6.45. The number of hydrogen-bond acceptors (Lipinski definition) is 4. The van der Waals surface area contributed by atoms with E-state index in [-0.39, 0.29) is 17.0 Å². The van der Waals surface area contributed by atoms with Crippen molar-refractivity contribution in [2.24, 2.45) is 11.1 Å². The quantitative estimate of drug-likeness (QED) is 0.836. The largest absolute Gasteiger partial charge is 0.379 e. The smallest absolute Gasteiger partial charge is 0.0630 e. The van der Waals surface area contributed by atoms with Gasteiger partial charge in [0.25, 0.3) is 0 Å². The van der Waals surface area contributed by atoms with Crippen molar-refractivity contribution in [1.29, 1.82) is 0 Å². The molecule has 0 aromatic rings. The molecular formula is C16H35N3O. The summed E-state index contributed by atoms with van der Waals surface area (Å²) in [5.74, 6) is 0. The highest BCUT2D eigenvalue weighted by atomic mass is 16.5. The Labute approximate surface area is 125 Å². The van der Waals surface area contributed by atoms with Gasteiger partial charge in [0.2, 0.25) is 0 Å². The van der Waals surface area contributed by atoms with E-state index in [1.165, 1.54) is 0 Å². The average molecular weight is 285 g/mol. The van der Waals surface area contributed by atoms with Crippen LogP contribution in [0.15, 0.2) is 0 Å². The van der Waals surface area contributed by atoms with Crippen LogP contribution in [0.3, 0.4) is 0 Å². The molecule has 1 fully saturated rings. The molecule has 4 nitrogen and oxygen atoms in total. The molecule has 0 bridgehead atoms. The second kappa shape index (κ2) is 7.21. The second-order valence-electron chi connectivity index (χ2n) is 8.29. The van der Waals surface area contributed by atoms with Gasteiger partial charge in [0.05, 0.1) is 13.2 Å². The Hall–Kier alpha value is -0.160. The topological polar surface area (TPSA) is 41.7 Å². The van der Waals surface area contributed by atoms with Gasteiger partial charge in [-0.2, -0.15) is 0 Å². The summed E-state index contributed by atoms with van der Waals surface area (Å²) in [6.07, 6.45) is 0. The zero-order valence-electron chi connectivity index (χ0n) is 14.4. The van der Waals surface area contributed by atoms with Crippen LogP contribution in [0.4, 0.5) is 0 Å². The van der Waals surface area contributed by atoms with E-state index >= 15 is 0 Å². The monoisotopic (exact) mass is 285 g/mol. The SMILES string of the molecule is CC(C)(C)COC[C@@H](N)CN1CCN(C(C)(C)C)CC1. The van der Waals surface area contributed by atoms with Crippen molar-refractivity contribution in [1.82, 2.24) is 9.80 Å². The minimum Gasteiger partial charge on any atom is -0.379 e. The van der Waals surface area contributed by atoms with Gasteiger partial charge in [-0.1, -0.05) is 20.8 Å². The van der Waals surface area contributed by atoms with Crippen molar-refractivity contribution < 1.29 is 4.74 Å². The number of piperazine rings is 1. The highest BCUT2D eigenvalue weighted by Crippen LogP contribution is 2.16. The predicted octanol–water partition coefficient (Wildman–Crippen LogP) is 1.79. The fourth-order valence-electron chi connectivity index (χ4n) is 2.50. The molecule has 0 amide bonds. The lowest BCUT2D eigenvalue weighted by Crippen LogP contribution is -2.55. The Balaban J connectivity index is 2.20. The highest BCUT2D eigenvalue weighted by molar-refractivity contribution is 4.83. The molecule has 2 N–H and O–H groups in total. The molecule has 20 heavy (non-hydrogen) atoms. The third kappa shape index (κ3) is 7.02. The minimum absolute atomic E-state index is 0.124. The predicted molar refractivity (Wildman–Crippen MR) is 86.0 cm³/mol. The van der Waals surface area contributed by atoms with Gasteiger partial charge in [-0.3, -0.25) is 9.80 Å². The lowest BCUT2D eigenvalue weighted by Gasteiger charge is -2.42. The van der Waals surface area contributed by atoms with E-state index in [1.807, 2.05) is 0 Å². The summed E-state index contributed by atoms with van der Waals surface area (Å²) in [6, 6.07) is 0.124. The van der Waals surface area contributed by atoms with Gasteiger partial charge >= 0.3 is 0 Å². The van der Waals surface area contributed by atoms with E-state index in [9.17, 15) is 0 Å². The van der Waals surface area contributed by atoms with Crippen molar-refractivity contribution in [3.8, 4) is 0 Å². The van der Waals surface area contributed by atoms with Crippen molar-refractivity contribution >= 4 is 0 Å². The van der Waals surface area contributed by atoms with Crippen LogP contribution in [0.2, 0.25) is 0 Å². The van der Waals surface area contributed by atoms with E-state index in [0.717, 1.165) is 39.3 Å². The summed E-state index contributed by atoms with van der Waals surface area (Å²) in [6.45, 7) is 20.3. The first kappa shape index (κ1) is 17.9. The molecule has 0 unspecified atom stereocenters. The van der Waals surface area contributed by atoms with Gasteiger partial charge in [-0.15, -0.1) is 0 Å². The zero-order valence-corrected chi connectivity index (χ0v) is 14.4. The van der Waals surface area contributed by atoms with Gasteiger partial charge in [-0.05, 0) is 26.2 Å². The number of nitrogens with two attached hydrogens (primary N) is 1. The third-order valence-electron chi connectivity index (χ3n) is 3.68. The summed E-state index contributed by atoms with van der Waals surface area (Å²) in [5, 5.41) is 0. The molecule has 4 heteroatoms. The maximum atomic E-state index is 6.17. The molecule has 1 saturated heterocycles. The molecule has 0 spiro atoms. The number of hydrogen-bond donors (Lipinski definition) is 1. The molecule has 120 valence electrons. The van der Waals surface area contributed by atoms with Crippen LogP contribution in [0, 0.1) is 5.41 Å². The third-order valence-corrected chi connectivity index (χ3v) is 3.68. The number of nitrogens with zero attached hydrogens (tertiary/aromatic N) is 2. The lowest BCUT2D eigenvalue weighted by atomic mass is 9.99. The lowest BCUT2D eigenvalue weighted by molar-refractivity contribution is 0.0366. The zero-order chi connectivity index (χ0) is 15.4. The maximum Gasteiger partial charge on any atom is 0.0630 e. The molecule has 1 heterocycles. The van der Waals surface area contributed by atoms with E-state index in [1.54, 1.807) is 0 Å². The highest BCUT2D eigenvalue weighted by Gasteiger charge is 2.26. The summed E-state index contributed by atoms with van der Waals surface area (Å²) in [7, 11) is 0. The van der Waals surface area contributed by atoms with Crippen LogP contribution in [0.5, 0.6) is 0 Å². The van der Waals surface area contributed by atoms with Crippen molar-refractivity contribution in [2.45, 2.75) is 53.1 Å². The first-order valence-electron chi connectivity index (χ1n) is 7.89. The summed E-state index contributed by atoms with van der Waals surface area (Å²) >= 11 is 0. The van der Waals surface area contributed by atoms with Crippen LogP contribution >= 0.6 is 0 Å². The average Bonchev–Trinajstić information content (AvgIpc) is 2.26. The molecule has 0 aromatic carbocycles. The minimum atomic E-state index is 0.124. The van der Waals surface area contributed by atoms with Crippen molar-refractivity contribution in [3.05, 3.63) is 0 Å². The molecule has 1 rings (SSSR count). The Morgan fingerprint density at radius 2 is 1.55 bits per heavy atom. The van der Waals surface area contributed by atoms with Crippen molar-refractivity contribution in [2.75, 3.05) is 45.9 Å². The molecule has 0 radical (unpaired) electrons. The molecule has 1 atom stereocenters. The van der Waals surface area contributed by atoms with Gasteiger partial charge in [-0.25, -0.2) is 0 Å². The Morgan fingerprint density at radius 1 is 1.00 bits per heavy atom. The molecule has 0 aromatic heterocycles. The van der Waals surface area contributed by atoms with Crippen molar-refractivity contribution in [3.63, 3.8) is 0 Å². The normalized spacial score (nSPS) is 21.1. The molecule has 0 saturated carbocycles. The van der Waals surface area contributed by atoms with Gasteiger partial charge in [0, 0.05) is 44.3 Å². The fourth-order valence-corrected chi connectivity index (χ4v) is 2.50. The standard InChI is InChI=1S/C16H35N3O/c1-15(2,3)13-20-12-14(17)11-18-7-9-19(10-8-18)16(4,5)6/h14H,7-13,17H2,1-6H3/t14-/m0/s1. The molecule has 1 aliphatic rings. The van der Waals surface area contributed by atoms with E-state index in [4.69, 9.17) is 10.5 Å². The maximum absolute atomic E-state index is 6.17. The van der Waals surface area contributed by atoms with E-state index in [2.05, 4.69) is 51.3 Å². The molecule has 0 aliphatic carbocycles. The fraction of sp³-hybridized carbons (Fsp3) is 1.00. The van der Waals surface area contributed by atoms with Crippen LogP contribution < -0.4 is 5.73 Å². The van der Waals surface area contributed by atoms with E-state index < -0.39 is 0 Å².